The number of nitrogens with zero attached hydrogens (tertiary/aromatic N) is 2. The molecule has 0 radical (unpaired) electrons. The third-order valence-corrected chi connectivity index (χ3v) is 4.72. The zero-order valence-corrected chi connectivity index (χ0v) is 17.1. The fraction of sp³-hybridized carbons (Fsp3) is 0.526. The van der Waals surface area contributed by atoms with Gasteiger partial charge in [-0.15, -0.1) is 18.3 Å². The van der Waals surface area contributed by atoms with Crippen LogP contribution in [0.5, 0.6) is 6.08 Å². The third kappa shape index (κ3) is 8.00. The van der Waals surface area contributed by atoms with Gasteiger partial charge in [-0.3, -0.25) is 9.53 Å². The summed E-state index contributed by atoms with van der Waals surface area (Å²) >= 11 is 5.85. The van der Waals surface area contributed by atoms with Gasteiger partial charge in [-0.1, -0.05) is 28.8 Å². The molecule has 0 unspecified atom stereocenters. The van der Waals surface area contributed by atoms with Gasteiger partial charge < -0.3 is 19.2 Å². The lowest BCUT2D eigenvalue weighted by Gasteiger charge is -2.27. The minimum absolute atomic E-state index is 0.0726. The molecule has 2 aromatic rings. The smallest absolute Gasteiger partial charge is 0.447 e. The summed E-state index contributed by atoms with van der Waals surface area (Å²) < 4.78 is 55.2. The number of amides is 1. The molecule has 8 nitrogen and oxygen atoms in total. The Bertz CT molecular complexity index is 839. The second kappa shape index (κ2) is 10.8. The number of halogens is 4. The van der Waals surface area contributed by atoms with Gasteiger partial charge in [0.05, 0.1) is 19.3 Å². The molecule has 170 valence electrons. The number of aryl methyl sites for hydroxylation is 1. The molecule has 1 fully saturated rings. The predicted molar refractivity (Wildman–Crippen MR) is 101 cm³/mol. The first-order valence-corrected chi connectivity index (χ1v) is 9.98. The van der Waals surface area contributed by atoms with Crippen molar-refractivity contribution < 1.29 is 36.6 Å². The molecule has 1 aliphatic rings. The van der Waals surface area contributed by atoms with E-state index in [1.807, 2.05) is 12.1 Å². The second-order valence-corrected chi connectivity index (χ2v) is 7.28. The van der Waals surface area contributed by atoms with Crippen LogP contribution in [-0.2, 0) is 20.7 Å². The van der Waals surface area contributed by atoms with E-state index in [0.29, 0.717) is 30.7 Å². The van der Waals surface area contributed by atoms with Gasteiger partial charge in [-0.05, 0) is 37.0 Å². The van der Waals surface area contributed by atoms with Crippen LogP contribution in [0.15, 0.2) is 28.7 Å². The molecule has 31 heavy (non-hydrogen) atoms. The van der Waals surface area contributed by atoms with E-state index in [4.69, 9.17) is 25.5 Å². The summed E-state index contributed by atoms with van der Waals surface area (Å²) in [4.78, 5) is 12.2. The molecule has 0 bridgehead atoms. The average molecular weight is 464 g/mol. The van der Waals surface area contributed by atoms with Crippen LogP contribution in [0.3, 0.4) is 0 Å². The highest BCUT2D eigenvalue weighted by molar-refractivity contribution is 6.30. The second-order valence-electron chi connectivity index (χ2n) is 6.84. The molecular formula is C19H21ClF3N3O5. The van der Waals surface area contributed by atoms with Gasteiger partial charge in [0.15, 0.2) is 0 Å². The molecule has 1 aliphatic heterocycles. The summed E-state index contributed by atoms with van der Waals surface area (Å²) in [7, 11) is 0. The number of rotatable bonds is 9. The number of ether oxygens (including phenoxy) is 3. The maximum Gasteiger partial charge on any atom is 0.522 e. The zero-order chi connectivity index (χ0) is 22.3. The summed E-state index contributed by atoms with van der Waals surface area (Å²) in [6.07, 6.45) is -3.32. The highest BCUT2D eigenvalue weighted by Gasteiger charge is 2.30. The number of hydrogen-bond donors (Lipinski definition) is 1. The van der Waals surface area contributed by atoms with Gasteiger partial charge >= 0.3 is 12.4 Å². The Balaban J connectivity index is 1.35. The molecule has 1 aromatic heterocycles. The molecule has 2 atom stereocenters. The first-order valence-electron chi connectivity index (χ1n) is 9.61. The van der Waals surface area contributed by atoms with Crippen LogP contribution in [0.2, 0.25) is 5.02 Å². The molecule has 0 spiro atoms. The molecule has 3 rings (SSSR count). The average Bonchev–Trinajstić information content (AvgIpc) is 3.20. The first kappa shape index (κ1) is 23.3. The lowest BCUT2D eigenvalue weighted by Crippen LogP contribution is -2.41. The van der Waals surface area contributed by atoms with E-state index in [2.05, 4.69) is 20.3 Å². The van der Waals surface area contributed by atoms with Crippen molar-refractivity contribution in [3.8, 4) is 6.08 Å². The number of nitrogens with one attached hydrogen (secondary N) is 1. The molecular weight excluding hydrogens is 443 g/mol. The van der Waals surface area contributed by atoms with Crippen molar-refractivity contribution in [2.24, 2.45) is 0 Å². The summed E-state index contributed by atoms with van der Waals surface area (Å²) in [6, 6.07) is 7.21. The number of carbonyl (C=O) groups excluding carboxylic acids is 1. The first-order chi connectivity index (χ1) is 14.8. The Labute approximate surface area is 181 Å². The lowest BCUT2D eigenvalue weighted by atomic mass is 10.0. The highest BCUT2D eigenvalue weighted by Crippen LogP contribution is 2.28. The summed E-state index contributed by atoms with van der Waals surface area (Å²) in [5.41, 5.74) is 1.03. The molecule has 1 amide bonds. The van der Waals surface area contributed by atoms with Crippen LogP contribution in [0.25, 0.3) is 0 Å². The van der Waals surface area contributed by atoms with Crippen LogP contribution in [0.4, 0.5) is 13.2 Å². The maximum absolute atomic E-state index is 12.2. The van der Waals surface area contributed by atoms with Crippen molar-refractivity contribution in [1.29, 1.82) is 0 Å². The van der Waals surface area contributed by atoms with Gasteiger partial charge in [0.2, 0.25) is 11.8 Å². The number of hydrogen-bond acceptors (Lipinski definition) is 7. The van der Waals surface area contributed by atoms with Crippen molar-refractivity contribution in [2.75, 3.05) is 19.8 Å². The van der Waals surface area contributed by atoms with Crippen LogP contribution in [0, 0.1) is 0 Å². The summed E-state index contributed by atoms with van der Waals surface area (Å²) in [6.45, 7) is -0.813. The Morgan fingerprint density at radius 3 is 2.65 bits per heavy atom. The Morgan fingerprint density at radius 2 is 1.97 bits per heavy atom. The summed E-state index contributed by atoms with van der Waals surface area (Å²) in [5, 5.41) is 11.0. The van der Waals surface area contributed by atoms with Gasteiger partial charge in [0, 0.05) is 11.4 Å². The highest BCUT2D eigenvalue weighted by atomic mass is 35.5. The Morgan fingerprint density at radius 1 is 1.19 bits per heavy atom. The van der Waals surface area contributed by atoms with Crippen molar-refractivity contribution >= 4 is 17.5 Å². The quantitative estimate of drug-likeness (QED) is 0.567. The van der Waals surface area contributed by atoms with Crippen LogP contribution in [0.1, 0.15) is 36.8 Å². The van der Waals surface area contributed by atoms with Gasteiger partial charge in [0.1, 0.15) is 12.7 Å². The Kier molecular flexibility index (Phi) is 8.10. The van der Waals surface area contributed by atoms with E-state index in [0.717, 1.165) is 5.56 Å². The molecule has 0 aliphatic carbocycles. The van der Waals surface area contributed by atoms with Crippen LogP contribution in [-0.4, -0.2) is 48.3 Å². The minimum Gasteiger partial charge on any atom is -0.447 e. The topological polar surface area (TPSA) is 95.7 Å². The molecule has 1 saturated heterocycles. The normalized spacial score (nSPS) is 19.2. The molecule has 2 heterocycles. The molecule has 0 saturated carbocycles. The van der Waals surface area contributed by atoms with Crippen molar-refractivity contribution in [1.82, 2.24) is 15.5 Å². The molecule has 12 heteroatoms. The van der Waals surface area contributed by atoms with Crippen LogP contribution >= 0.6 is 11.6 Å². The predicted octanol–water partition coefficient (Wildman–Crippen LogP) is 3.61. The van der Waals surface area contributed by atoms with Gasteiger partial charge in [0.25, 0.3) is 0 Å². The SMILES string of the molecule is O=C(CCc1ccc(Cl)cc1)N[C@@H]1CC[C@@H](c2nnc(OCCOC(F)(F)F)o2)OC1. The summed E-state index contributed by atoms with van der Waals surface area (Å²) in [5.74, 6) is 0.0933. The van der Waals surface area contributed by atoms with E-state index >= 15 is 0 Å². The van der Waals surface area contributed by atoms with E-state index < -0.39 is 25.7 Å². The van der Waals surface area contributed by atoms with Crippen LogP contribution < -0.4 is 10.1 Å². The largest absolute Gasteiger partial charge is 0.522 e. The fourth-order valence-electron chi connectivity index (χ4n) is 2.96. The number of aromatic nitrogens is 2. The van der Waals surface area contributed by atoms with E-state index in [9.17, 15) is 18.0 Å². The molecule has 1 N–H and O–H groups in total. The van der Waals surface area contributed by atoms with Crippen molar-refractivity contribution in [3.63, 3.8) is 0 Å². The van der Waals surface area contributed by atoms with Gasteiger partial charge in [-0.2, -0.15) is 0 Å². The fourth-order valence-corrected chi connectivity index (χ4v) is 3.09. The number of alkyl halides is 3. The number of benzene rings is 1. The third-order valence-electron chi connectivity index (χ3n) is 4.47. The zero-order valence-electron chi connectivity index (χ0n) is 16.4. The lowest BCUT2D eigenvalue weighted by molar-refractivity contribution is -0.325. The standard InChI is InChI=1S/C19H21ClF3N3O5/c20-13-4-1-12(2-5-13)3-8-16(27)24-14-6-7-15(29-11-14)17-25-26-18(31-17)28-9-10-30-19(21,22)23/h1-2,4-5,14-15H,3,6-11H2,(H,24,27)/t14-,15+/m1/s1. The van der Waals surface area contributed by atoms with E-state index in [-0.39, 0.29) is 30.5 Å². The Hall–Kier alpha value is -2.37. The van der Waals surface area contributed by atoms with Gasteiger partial charge in [-0.25, -0.2) is 0 Å². The minimum atomic E-state index is -4.72. The maximum atomic E-state index is 12.2. The van der Waals surface area contributed by atoms with Crippen molar-refractivity contribution in [2.45, 2.75) is 44.2 Å². The van der Waals surface area contributed by atoms with Crippen molar-refractivity contribution in [3.05, 3.63) is 40.7 Å². The van der Waals surface area contributed by atoms with E-state index in [1.54, 1.807) is 12.1 Å². The monoisotopic (exact) mass is 463 g/mol. The number of carbonyl (C=O) groups is 1. The van der Waals surface area contributed by atoms with E-state index in [1.165, 1.54) is 0 Å². The molecule has 1 aromatic carbocycles.